The lowest BCUT2D eigenvalue weighted by molar-refractivity contribution is -0.00535. The fourth-order valence-electron chi connectivity index (χ4n) is 3.23. The van der Waals surface area contributed by atoms with Gasteiger partial charge in [-0.05, 0) is 18.6 Å². The van der Waals surface area contributed by atoms with Crippen LogP contribution in [0.5, 0.6) is 11.5 Å². The average molecular weight is 294 g/mol. The Morgan fingerprint density at radius 2 is 1.95 bits per heavy atom. The summed E-state index contributed by atoms with van der Waals surface area (Å²) in [5.41, 5.74) is 3.43. The number of nitrogens with zero attached hydrogens (tertiary/aromatic N) is 2. The van der Waals surface area contributed by atoms with Crippen LogP contribution in [0.25, 0.3) is 0 Å². The Labute approximate surface area is 130 Å². The molecule has 0 amide bonds. The molecule has 4 nitrogen and oxygen atoms in total. The molecule has 2 aliphatic rings. The molecule has 2 aliphatic heterocycles. The maximum atomic E-state index is 6.05. The van der Waals surface area contributed by atoms with Crippen LogP contribution in [0.3, 0.4) is 0 Å². The number of rotatable bonds is 2. The van der Waals surface area contributed by atoms with E-state index in [2.05, 4.69) is 23.2 Å². The van der Waals surface area contributed by atoms with Crippen molar-refractivity contribution in [3.63, 3.8) is 0 Å². The molecule has 2 heterocycles. The van der Waals surface area contributed by atoms with Crippen molar-refractivity contribution in [2.75, 3.05) is 7.11 Å². The topological polar surface area (TPSA) is 34.1 Å². The summed E-state index contributed by atoms with van der Waals surface area (Å²) in [6, 6.07) is 16.6. The number of para-hydroxylation sites is 1. The first kappa shape index (κ1) is 13.2. The van der Waals surface area contributed by atoms with Crippen molar-refractivity contribution in [3.05, 3.63) is 59.7 Å². The Morgan fingerprint density at radius 1 is 1.14 bits per heavy atom. The monoisotopic (exact) mass is 294 g/mol. The zero-order chi connectivity index (χ0) is 15.1. The molecule has 112 valence electrons. The van der Waals surface area contributed by atoms with E-state index >= 15 is 0 Å². The first-order valence-electron chi connectivity index (χ1n) is 7.52. The molecule has 0 spiro atoms. The molecule has 0 aromatic heterocycles. The Balaban J connectivity index is 1.74. The molecular weight excluding hydrogens is 276 g/mol. The molecule has 2 atom stereocenters. The maximum Gasteiger partial charge on any atom is 0.185 e. The molecule has 0 fully saturated rings. The summed E-state index contributed by atoms with van der Waals surface area (Å²) in [5.74, 6) is 1.64. The highest BCUT2D eigenvalue weighted by Crippen LogP contribution is 2.46. The van der Waals surface area contributed by atoms with Crippen LogP contribution in [-0.2, 0) is 0 Å². The number of hydrogen-bond acceptors (Lipinski definition) is 4. The summed E-state index contributed by atoms with van der Waals surface area (Å²) in [6.07, 6.45) is 0.785. The van der Waals surface area contributed by atoms with Gasteiger partial charge in [0, 0.05) is 12.0 Å². The minimum atomic E-state index is -0.102. The van der Waals surface area contributed by atoms with E-state index in [9.17, 15) is 0 Å². The number of hydrazone groups is 1. The van der Waals surface area contributed by atoms with Crippen LogP contribution in [0.2, 0.25) is 0 Å². The average Bonchev–Trinajstić information content (AvgIpc) is 3.02. The van der Waals surface area contributed by atoms with E-state index in [1.807, 2.05) is 37.3 Å². The predicted molar refractivity (Wildman–Crippen MR) is 85.3 cm³/mol. The van der Waals surface area contributed by atoms with Gasteiger partial charge in [-0.3, -0.25) is 5.01 Å². The fourth-order valence-corrected chi connectivity index (χ4v) is 3.23. The van der Waals surface area contributed by atoms with E-state index < -0.39 is 0 Å². The molecule has 4 rings (SSSR count). The molecule has 0 saturated heterocycles. The SMILES string of the molecule is COc1cccc2c1O[C@H](C)N1N=C(c3ccccc3)C[C@@H]21. The molecule has 2 aromatic carbocycles. The first-order chi connectivity index (χ1) is 10.8. The molecule has 22 heavy (non-hydrogen) atoms. The Hall–Kier alpha value is -2.49. The summed E-state index contributed by atoms with van der Waals surface area (Å²) in [5, 5.41) is 6.86. The van der Waals surface area contributed by atoms with Gasteiger partial charge in [-0.2, -0.15) is 5.10 Å². The predicted octanol–water partition coefficient (Wildman–Crippen LogP) is 3.58. The standard InChI is InChI=1S/C18H18N2O2/c1-12-20-16(11-15(19-20)13-7-4-3-5-8-13)14-9-6-10-17(21-2)18(14)22-12/h3-10,12,16H,11H2,1-2H3/t12-,16+/m1/s1. The van der Waals surface area contributed by atoms with Crippen molar-refractivity contribution in [2.45, 2.75) is 25.6 Å². The summed E-state index contributed by atoms with van der Waals surface area (Å²) in [7, 11) is 1.68. The van der Waals surface area contributed by atoms with Crippen molar-refractivity contribution in [3.8, 4) is 11.5 Å². The molecule has 2 aromatic rings. The van der Waals surface area contributed by atoms with E-state index in [1.165, 1.54) is 5.56 Å². The van der Waals surface area contributed by atoms with Gasteiger partial charge in [0.2, 0.25) is 0 Å². The maximum absolute atomic E-state index is 6.05. The number of ether oxygens (including phenoxy) is 2. The number of hydrogen-bond donors (Lipinski definition) is 0. The van der Waals surface area contributed by atoms with Gasteiger partial charge in [0.1, 0.15) is 0 Å². The Bertz CT molecular complexity index is 727. The molecular formula is C18H18N2O2. The van der Waals surface area contributed by atoms with Gasteiger partial charge < -0.3 is 9.47 Å². The molecule has 0 bridgehead atoms. The number of fused-ring (bicyclic) bond motifs is 3. The third-order valence-corrected chi connectivity index (χ3v) is 4.30. The summed E-state index contributed by atoms with van der Waals surface area (Å²) in [4.78, 5) is 0. The van der Waals surface area contributed by atoms with E-state index in [0.29, 0.717) is 0 Å². The first-order valence-corrected chi connectivity index (χ1v) is 7.52. The zero-order valence-corrected chi connectivity index (χ0v) is 12.7. The smallest absolute Gasteiger partial charge is 0.185 e. The molecule has 0 unspecified atom stereocenters. The van der Waals surface area contributed by atoms with Gasteiger partial charge in [-0.25, -0.2) is 0 Å². The van der Waals surface area contributed by atoms with Crippen LogP contribution in [0, 0.1) is 0 Å². The lowest BCUT2D eigenvalue weighted by atomic mass is 9.96. The summed E-state index contributed by atoms with van der Waals surface area (Å²) in [6.45, 7) is 2.03. The van der Waals surface area contributed by atoms with Crippen LogP contribution < -0.4 is 9.47 Å². The van der Waals surface area contributed by atoms with Crippen molar-refractivity contribution < 1.29 is 9.47 Å². The van der Waals surface area contributed by atoms with E-state index in [0.717, 1.165) is 29.2 Å². The lowest BCUT2D eigenvalue weighted by Crippen LogP contribution is -2.38. The van der Waals surface area contributed by atoms with E-state index in [4.69, 9.17) is 14.6 Å². The van der Waals surface area contributed by atoms with Crippen molar-refractivity contribution >= 4 is 5.71 Å². The van der Waals surface area contributed by atoms with Crippen LogP contribution in [0.1, 0.15) is 30.5 Å². The molecule has 0 aliphatic carbocycles. The molecule has 0 N–H and O–H groups in total. The second kappa shape index (κ2) is 5.05. The lowest BCUT2D eigenvalue weighted by Gasteiger charge is -2.36. The minimum absolute atomic E-state index is 0.102. The normalized spacial score (nSPS) is 22.5. The third-order valence-electron chi connectivity index (χ3n) is 4.30. The second-order valence-electron chi connectivity index (χ2n) is 5.61. The fraction of sp³-hybridized carbons (Fsp3) is 0.278. The highest BCUT2D eigenvalue weighted by molar-refractivity contribution is 6.01. The Kier molecular flexibility index (Phi) is 3.03. The van der Waals surface area contributed by atoms with Crippen molar-refractivity contribution in [1.29, 1.82) is 0 Å². The van der Waals surface area contributed by atoms with Crippen LogP contribution >= 0.6 is 0 Å². The zero-order valence-electron chi connectivity index (χ0n) is 12.7. The van der Waals surface area contributed by atoms with E-state index in [1.54, 1.807) is 7.11 Å². The number of benzene rings is 2. The quantitative estimate of drug-likeness (QED) is 0.849. The third kappa shape index (κ3) is 1.95. The highest BCUT2D eigenvalue weighted by atomic mass is 16.5. The second-order valence-corrected chi connectivity index (χ2v) is 5.61. The van der Waals surface area contributed by atoms with E-state index in [-0.39, 0.29) is 12.3 Å². The van der Waals surface area contributed by atoms with Gasteiger partial charge in [0.15, 0.2) is 17.7 Å². The number of methoxy groups -OCH3 is 1. The van der Waals surface area contributed by atoms with Gasteiger partial charge in [0.25, 0.3) is 0 Å². The van der Waals surface area contributed by atoms with Gasteiger partial charge in [0.05, 0.1) is 18.9 Å². The van der Waals surface area contributed by atoms with Crippen LogP contribution in [0.15, 0.2) is 53.6 Å². The molecule has 4 heteroatoms. The van der Waals surface area contributed by atoms with Crippen molar-refractivity contribution in [1.82, 2.24) is 5.01 Å². The summed E-state index contributed by atoms with van der Waals surface area (Å²) >= 11 is 0. The molecule has 0 saturated carbocycles. The van der Waals surface area contributed by atoms with Crippen LogP contribution in [-0.4, -0.2) is 24.1 Å². The largest absolute Gasteiger partial charge is 0.493 e. The van der Waals surface area contributed by atoms with Crippen molar-refractivity contribution in [2.24, 2.45) is 5.10 Å². The van der Waals surface area contributed by atoms with Crippen LogP contribution in [0.4, 0.5) is 0 Å². The Morgan fingerprint density at radius 3 is 2.73 bits per heavy atom. The highest BCUT2D eigenvalue weighted by Gasteiger charge is 2.39. The van der Waals surface area contributed by atoms with Gasteiger partial charge in [-0.1, -0.05) is 42.5 Å². The van der Waals surface area contributed by atoms with Gasteiger partial charge in [-0.15, -0.1) is 0 Å². The minimum Gasteiger partial charge on any atom is -0.493 e. The summed E-state index contributed by atoms with van der Waals surface area (Å²) < 4.78 is 11.5. The van der Waals surface area contributed by atoms with Gasteiger partial charge >= 0.3 is 0 Å². The molecule has 0 radical (unpaired) electrons.